The lowest BCUT2D eigenvalue weighted by Crippen LogP contribution is -2.40. The van der Waals surface area contributed by atoms with Crippen molar-refractivity contribution in [2.45, 2.75) is 12.5 Å². The van der Waals surface area contributed by atoms with Gasteiger partial charge in [0, 0.05) is 37.2 Å². The van der Waals surface area contributed by atoms with Crippen LogP contribution in [0.2, 0.25) is 0 Å². The third kappa shape index (κ3) is 3.91. The van der Waals surface area contributed by atoms with E-state index in [4.69, 9.17) is 4.74 Å². The number of aliphatic imine (C=N–C) groups is 2. The Hall–Kier alpha value is -1.45. The minimum Gasteiger partial charge on any atom is -0.466 e. The predicted molar refractivity (Wildman–Crippen MR) is 94.8 cm³/mol. The maximum absolute atomic E-state index is 12.0. The fourth-order valence-corrected chi connectivity index (χ4v) is 3.82. The molecule has 0 aliphatic carbocycles. The van der Waals surface area contributed by atoms with Crippen molar-refractivity contribution in [3.63, 3.8) is 0 Å². The van der Waals surface area contributed by atoms with Crippen molar-refractivity contribution in [3.05, 3.63) is 24.0 Å². The van der Waals surface area contributed by atoms with Gasteiger partial charge >= 0.3 is 5.97 Å². The molecule has 0 bridgehead atoms. The Morgan fingerprint density at radius 1 is 1.65 bits per heavy atom. The number of hydrogen-bond acceptors (Lipinski definition) is 7. The van der Waals surface area contributed by atoms with Crippen LogP contribution in [0, 0.1) is 0 Å². The molecule has 2 rings (SSSR count). The number of fused-ring (bicyclic) bond motifs is 1. The number of esters is 1. The molecule has 0 aromatic heterocycles. The van der Waals surface area contributed by atoms with E-state index in [9.17, 15) is 9.00 Å². The first-order chi connectivity index (χ1) is 11.0. The summed E-state index contributed by atoms with van der Waals surface area (Å²) >= 11 is 1.47. The first-order valence-corrected chi connectivity index (χ1v) is 9.75. The van der Waals surface area contributed by atoms with Crippen LogP contribution in [0.5, 0.6) is 0 Å². The van der Waals surface area contributed by atoms with Crippen molar-refractivity contribution in [3.8, 4) is 0 Å². The highest BCUT2D eigenvalue weighted by Gasteiger charge is 2.37. The normalized spacial score (nSPS) is 22.6. The highest BCUT2D eigenvalue weighted by molar-refractivity contribution is 8.15. The number of carbonyl (C=O) groups excluding carboxylic acids is 1. The van der Waals surface area contributed by atoms with E-state index in [0.29, 0.717) is 24.4 Å². The van der Waals surface area contributed by atoms with Crippen molar-refractivity contribution >= 4 is 39.6 Å². The number of methoxy groups -OCH3 is 1. The van der Waals surface area contributed by atoms with Crippen LogP contribution in [0.3, 0.4) is 0 Å². The van der Waals surface area contributed by atoms with Gasteiger partial charge in [-0.05, 0) is 6.26 Å². The lowest BCUT2D eigenvalue weighted by atomic mass is 10.1. The average molecular weight is 356 g/mol. The summed E-state index contributed by atoms with van der Waals surface area (Å²) in [6.45, 7) is 4.46. The van der Waals surface area contributed by atoms with Crippen molar-refractivity contribution < 1.29 is 13.7 Å². The zero-order valence-electron chi connectivity index (χ0n) is 13.4. The molecule has 2 aliphatic rings. The smallest absolute Gasteiger partial charge is 0.337 e. The van der Waals surface area contributed by atoms with E-state index in [1.165, 1.54) is 25.1 Å². The molecule has 1 N–H and O–H groups in total. The van der Waals surface area contributed by atoms with E-state index < -0.39 is 11.0 Å². The predicted octanol–water partition coefficient (Wildman–Crippen LogP) is 0.688. The Bertz CT molecular complexity index is 628. The van der Waals surface area contributed by atoms with Crippen molar-refractivity contribution in [2.24, 2.45) is 9.98 Å². The number of thioether (sulfide) groups is 1. The lowest BCUT2D eigenvalue weighted by Gasteiger charge is -2.27. The zero-order valence-corrected chi connectivity index (χ0v) is 15.0. The largest absolute Gasteiger partial charge is 0.466 e. The Morgan fingerprint density at radius 2 is 2.39 bits per heavy atom. The summed E-state index contributed by atoms with van der Waals surface area (Å²) < 4.78 is 19.3. The Kier molecular flexibility index (Phi) is 6.14. The van der Waals surface area contributed by atoms with Crippen LogP contribution in [0.15, 0.2) is 34.0 Å². The number of carbonyl (C=O) groups is 1. The molecule has 2 heterocycles. The molecular weight excluding hydrogens is 336 g/mol. The fourth-order valence-electron chi connectivity index (χ4n) is 2.66. The molecule has 2 aliphatic heterocycles. The Balaban J connectivity index is 2.38. The first kappa shape index (κ1) is 17.9. The van der Waals surface area contributed by atoms with Gasteiger partial charge in [-0.2, -0.15) is 0 Å². The molecule has 0 aromatic rings. The molecule has 0 saturated carbocycles. The van der Waals surface area contributed by atoms with E-state index in [0.717, 1.165) is 10.7 Å². The summed E-state index contributed by atoms with van der Waals surface area (Å²) in [4.78, 5) is 22.7. The Labute approximate surface area is 142 Å². The number of amidine groups is 1. The third-order valence-electron chi connectivity index (χ3n) is 3.52. The molecule has 2 atom stereocenters. The molecule has 0 amide bonds. The van der Waals surface area contributed by atoms with Crippen LogP contribution in [0.4, 0.5) is 0 Å². The maximum Gasteiger partial charge on any atom is 0.337 e. The van der Waals surface area contributed by atoms with Gasteiger partial charge in [-0.3, -0.25) is 4.99 Å². The van der Waals surface area contributed by atoms with Crippen LogP contribution < -0.4 is 4.72 Å². The van der Waals surface area contributed by atoms with E-state index in [1.807, 2.05) is 11.2 Å². The van der Waals surface area contributed by atoms with Crippen molar-refractivity contribution in [2.75, 3.05) is 32.7 Å². The van der Waals surface area contributed by atoms with Gasteiger partial charge < -0.3 is 9.64 Å². The van der Waals surface area contributed by atoms with Gasteiger partial charge in [-0.15, -0.1) is 11.8 Å². The first-order valence-electron chi connectivity index (χ1n) is 6.96. The molecule has 126 valence electrons. The average Bonchev–Trinajstić information content (AvgIpc) is 2.93. The molecule has 2 unspecified atom stereocenters. The second-order valence-corrected chi connectivity index (χ2v) is 6.90. The van der Waals surface area contributed by atoms with Gasteiger partial charge in [0.2, 0.25) is 0 Å². The molecule has 23 heavy (non-hydrogen) atoms. The minimum atomic E-state index is -1.13. The van der Waals surface area contributed by atoms with Gasteiger partial charge in [0.1, 0.15) is 5.04 Å². The molecule has 0 spiro atoms. The van der Waals surface area contributed by atoms with Crippen LogP contribution in [0.25, 0.3) is 0 Å². The standard InChI is InChI=1S/C14H20N4O3S2/c1-5-15-13(22-3)12-16-7-10(14(19)21-2)11-6-9(8-18(11)12)17-23(4)20/h5,9,17H,1,6-8H2,2-4H3. The van der Waals surface area contributed by atoms with Gasteiger partial charge in [0.15, 0.2) is 5.84 Å². The molecule has 9 heteroatoms. The van der Waals surface area contributed by atoms with Gasteiger partial charge in [0.05, 0.1) is 30.2 Å². The quantitative estimate of drug-likeness (QED) is 0.445. The van der Waals surface area contributed by atoms with Gasteiger partial charge in [-0.1, -0.05) is 6.58 Å². The molecular formula is C14H20N4O3S2. The Morgan fingerprint density at radius 3 is 2.96 bits per heavy atom. The van der Waals surface area contributed by atoms with E-state index in [-0.39, 0.29) is 18.6 Å². The fraction of sp³-hybridized carbons (Fsp3) is 0.500. The summed E-state index contributed by atoms with van der Waals surface area (Å²) in [7, 11) is 0.232. The topological polar surface area (TPSA) is 83.4 Å². The lowest BCUT2D eigenvalue weighted by molar-refractivity contribution is -0.136. The minimum absolute atomic E-state index is 0.0226. The monoisotopic (exact) mass is 356 g/mol. The molecule has 0 radical (unpaired) electrons. The van der Waals surface area contributed by atoms with Crippen molar-refractivity contribution in [1.82, 2.24) is 9.62 Å². The van der Waals surface area contributed by atoms with E-state index >= 15 is 0 Å². The van der Waals surface area contributed by atoms with Crippen molar-refractivity contribution in [1.29, 1.82) is 0 Å². The number of rotatable bonds is 5. The summed E-state index contributed by atoms with van der Waals surface area (Å²) in [5.41, 5.74) is 1.40. The number of hydrogen-bond donors (Lipinski definition) is 1. The highest BCUT2D eigenvalue weighted by Crippen LogP contribution is 2.30. The van der Waals surface area contributed by atoms with Gasteiger partial charge in [-0.25, -0.2) is 18.7 Å². The summed E-state index contributed by atoms with van der Waals surface area (Å²) in [5, 5.41) is 0.736. The maximum atomic E-state index is 12.0. The van der Waals surface area contributed by atoms with Crippen LogP contribution in [-0.2, 0) is 20.5 Å². The third-order valence-corrected chi connectivity index (χ3v) is 4.86. The van der Waals surface area contributed by atoms with E-state index in [2.05, 4.69) is 21.3 Å². The van der Waals surface area contributed by atoms with Crippen LogP contribution >= 0.6 is 11.8 Å². The summed E-state index contributed by atoms with van der Waals surface area (Å²) in [6.07, 6.45) is 5.57. The number of nitrogens with one attached hydrogen (secondary N) is 1. The molecule has 1 fully saturated rings. The highest BCUT2D eigenvalue weighted by atomic mass is 32.2. The zero-order chi connectivity index (χ0) is 17.0. The SMILES string of the molecule is C=CN=C(SC)C1=NCC(C(=O)OC)=C2CC(NS(C)=O)CN12. The summed E-state index contributed by atoms with van der Waals surface area (Å²) in [6, 6.07) is -0.0226. The van der Waals surface area contributed by atoms with E-state index in [1.54, 1.807) is 6.26 Å². The second kappa shape index (κ2) is 7.89. The van der Waals surface area contributed by atoms with Crippen LogP contribution in [-0.4, -0.2) is 64.7 Å². The van der Waals surface area contributed by atoms with Gasteiger partial charge in [0.25, 0.3) is 0 Å². The molecule has 1 saturated heterocycles. The number of ether oxygens (including phenoxy) is 1. The summed E-state index contributed by atoms with van der Waals surface area (Å²) in [5.74, 6) is 0.337. The number of nitrogens with zero attached hydrogens (tertiary/aromatic N) is 3. The van der Waals surface area contributed by atoms with Crippen LogP contribution in [0.1, 0.15) is 6.42 Å². The molecule has 0 aromatic carbocycles. The molecule has 7 nitrogen and oxygen atoms in total. The second-order valence-electron chi connectivity index (χ2n) is 4.96.